The number of aryl methyl sites for hydroxylation is 1. The number of fused-ring (bicyclic) bond motifs is 2. The molecule has 2 aliphatic heterocycles. The van der Waals surface area contributed by atoms with Crippen LogP contribution in [0.25, 0.3) is 0 Å². The molecule has 0 aromatic heterocycles. The molecule has 3 heteroatoms. The van der Waals surface area contributed by atoms with Gasteiger partial charge in [-0.1, -0.05) is 18.2 Å². The van der Waals surface area contributed by atoms with Crippen molar-refractivity contribution < 1.29 is 0 Å². The number of hydrazine groups is 1. The summed E-state index contributed by atoms with van der Waals surface area (Å²) in [7, 11) is 2.29. The van der Waals surface area contributed by atoms with E-state index in [0.29, 0.717) is 12.0 Å². The van der Waals surface area contributed by atoms with Gasteiger partial charge in [-0.2, -0.15) is 0 Å². The van der Waals surface area contributed by atoms with Crippen molar-refractivity contribution in [1.82, 2.24) is 10.3 Å². The van der Waals surface area contributed by atoms with Gasteiger partial charge in [0.2, 0.25) is 0 Å². The summed E-state index contributed by atoms with van der Waals surface area (Å²) in [5.74, 6) is 6.60. The molecule has 2 fully saturated rings. The van der Waals surface area contributed by atoms with Crippen LogP contribution in [-0.4, -0.2) is 24.0 Å². The van der Waals surface area contributed by atoms with Crippen LogP contribution < -0.4 is 11.3 Å². The Hall–Kier alpha value is -0.900. The van der Waals surface area contributed by atoms with Crippen LogP contribution >= 0.6 is 0 Å². The summed E-state index contributed by atoms with van der Waals surface area (Å²) in [6, 6.07) is 8.41. The lowest BCUT2D eigenvalue weighted by atomic mass is 9.80. The third-order valence-electron chi connectivity index (χ3n) is 5.77. The molecule has 1 aromatic rings. The van der Waals surface area contributed by atoms with E-state index in [1.807, 2.05) is 0 Å². The Bertz CT molecular complexity index is 471. The van der Waals surface area contributed by atoms with Crippen LogP contribution in [0.4, 0.5) is 0 Å². The van der Waals surface area contributed by atoms with Crippen molar-refractivity contribution in [2.75, 3.05) is 7.05 Å². The molecule has 0 saturated carbocycles. The lowest BCUT2D eigenvalue weighted by Crippen LogP contribution is -2.45. The molecule has 0 amide bonds. The zero-order chi connectivity index (χ0) is 14.3. The van der Waals surface area contributed by atoms with Gasteiger partial charge in [0.25, 0.3) is 0 Å². The fourth-order valence-electron chi connectivity index (χ4n) is 4.32. The highest BCUT2D eigenvalue weighted by molar-refractivity contribution is 5.35. The van der Waals surface area contributed by atoms with Gasteiger partial charge < -0.3 is 4.90 Å². The van der Waals surface area contributed by atoms with E-state index in [0.717, 1.165) is 12.1 Å². The van der Waals surface area contributed by atoms with E-state index in [1.165, 1.54) is 42.4 Å². The number of hydrogen-bond donors (Lipinski definition) is 2. The molecule has 3 N–H and O–H groups in total. The Balaban J connectivity index is 1.86. The second-order valence-corrected chi connectivity index (χ2v) is 6.72. The molecule has 0 aliphatic carbocycles. The van der Waals surface area contributed by atoms with Gasteiger partial charge in [0.05, 0.1) is 0 Å². The Morgan fingerprint density at radius 2 is 1.85 bits per heavy atom. The molecule has 2 bridgehead atoms. The summed E-state index contributed by atoms with van der Waals surface area (Å²) in [5.41, 5.74) is 7.26. The second-order valence-electron chi connectivity index (χ2n) is 6.72. The predicted octanol–water partition coefficient (Wildman–Crippen LogP) is 2.68. The molecule has 2 saturated heterocycles. The van der Waals surface area contributed by atoms with E-state index in [9.17, 15) is 0 Å². The van der Waals surface area contributed by atoms with E-state index in [2.05, 4.69) is 49.4 Å². The zero-order valence-electron chi connectivity index (χ0n) is 12.9. The minimum absolute atomic E-state index is 0.298. The Kier molecular flexibility index (Phi) is 3.85. The third-order valence-corrected chi connectivity index (χ3v) is 5.77. The highest BCUT2D eigenvalue weighted by Crippen LogP contribution is 2.42. The molecule has 1 aromatic carbocycles. The molecular weight excluding hydrogens is 246 g/mol. The summed E-state index contributed by atoms with van der Waals surface area (Å²) >= 11 is 0. The normalized spacial score (nSPS) is 31.5. The third kappa shape index (κ3) is 2.28. The smallest absolute Gasteiger partial charge is 0.0492 e. The van der Waals surface area contributed by atoms with Crippen molar-refractivity contribution in [1.29, 1.82) is 0 Å². The van der Waals surface area contributed by atoms with Crippen molar-refractivity contribution in [2.45, 2.75) is 57.7 Å². The molecule has 2 aliphatic rings. The molecule has 3 rings (SSSR count). The SMILES string of the molecule is Cc1cccc(C(NN)C2CC3CCC(C2)N3C)c1C. The van der Waals surface area contributed by atoms with E-state index in [4.69, 9.17) is 5.84 Å². The van der Waals surface area contributed by atoms with E-state index >= 15 is 0 Å². The summed E-state index contributed by atoms with van der Waals surface area (Å²) in [6.45, 7) is 4.41. The summed E-state index contributed by atoms with van der Waals surface area (Å²) in [4.78, 5) is 2.59. The van der Waals surface area contributed by atoms with Gasteiger partial charge in [0.15, 0.2) is 0 Å². The molecular formula is C17H27N3. The van der Waals surface area contributed by atoms with E-state index in [1.54, 1.807) is 0 Å². The van der Waals surface area contributed by atoms with Crippen LogP contribution in [0.1, 0.15) is 48.4 Å². The van der Waals surface area contributed by atoms with E-state index in [-0.39, 0.29) is 0 Å². The van der Waals surface area contributed by atoms with Crippen LogP contribution in [0.15, 0.2) is 18.2 Å². The van der Waals surface area contributed by atoms with Crippen molar-refractivity contribution in [3.8, 4) is 0 Å². The Labute approximate surface area is 122 Å². The highest BCUT2D eigenvalue weighted by atomic mass is 15.2. The van der Waals surface area contributed by atoms with Crippen LogP contribution in [0.3, 0.4) is 0 Å². The van der Waals surface area contributed by atoms with Crippen molar-refractivity contribution in [3.05, 3.63) is 34.9 Å². The standard InChI is InChI=1S/C17H27N3/c1-11-5-4-6-16(12(11)2)17(19-18)13-9-14-7-8-15(10-13)20(14)3/h4-6,13-15,17,19H,7-10,18H2,1-3H3. The first-order chi connectivity index (χ1) is 9.61. The Morgan fingerprint density at radius 3 is 2.45 bits per heavy atom. The Morgan fingerprint density at radius 1 is 1.20 bits per heavy atom. The maximum atomic E-state index is 5.94. The number of nitrogens with two attached hydrogens (primary N) is 1. The molecule has 20 heavy (non-hydrogen) atoms. The van der Waals surface area contributed by atoms with Gasteiger partial charge in [-0.15, -0.1) is 0 Å². The number of benzene rings is 1. The number of hydrogen-bond acceptors (Lipinski definition) is 3. The summed E-state index contributed by atoms with van der Waals surface area (Å²) < 4.78 is 0. The average molecular weight is 273 g/mol. The number of nitrogens with one attached hydrogen (secondary N) is 1. The van der Waals surface area contributed by atoms with E-state index < -0.39 is 0 Å². The van der Waals surface area contributed by atoms with Gasteiger partial charge in [0, 0.05) is 18.1 Å². The first-order valence-corrected chi connectivity index (χ1v) is 7.86. The van der Waals surface area contributed by atoms with Crippen molar-refractivity contribution in [3.63, 3.8) is 0 Å². The molecule has 110 valence electrons. The number of rotatable bonds is 3. The maximum Gasteiger partial charge on any atom is 0.0492 e. The molecule has 0 radical (unpaired) electrons. The lowest BCUT2D eigenvalue weighted by molar-refractivity contribution is 0.112. The molecule has 2 heterocycles. The van der Waals surface area contributed by atoms with Crippen LogP contribution in [0.5, 0.6) is 0 Å². The largest absolute Gasteiger partial charge is 0.300 e. The maximum absolute atomic E-state index is 5.94. The van der Waals surface area contributed by atoms with Gasteiger partial charge in [-0.3, -0.25) is 11.3 Å². The van der Waals surface area contributed by atoms with Crippen molar-refractivity contribution >= 4 is 0 Å². The summed E-state index contributed by atoms with van der Waals surface area (Å²) in [6.07, 6.45) is 5.27. The second kappa shape index (κ2) is 5.47. The molecule has 3 atom stereocenters. The summed E-state index contributed by atoms with van der Waals surface area (Å²) in [5, 5.41) is 0. The van der Waals surface area contributed by atoms with Crippen molar-refractivity contribution in [2.24, 2.45) is 11.8 Å². The number of nitrogens with zero attached hydrogens (tertiary/aromatic N) is 1. The quantitative estimate of drug-likeness (QED) is 0.657. The monoisotopic (exact) mass is 273 g/mol. The van der Waals surface area contributed by atoms with Crippen LogP contribution in [0.2, 0.25) is 0 Å². The molecule has 0 spiro atoms. The predicted molar refractivity (Wildman–Crippen MR) is 83.3 cm³/mol. The first kappa shape index (κ1) is 14.1. The average Bonchev–Trinajstić information content (AvgIpc) is 2.66. The molecule has 3 unspecified atom stereocenters. The van der Waals surface area contributed by atoms with Crippen LogP contribution in [0, 0.1) is 19.8 Å². The first-order valence-electron chi connectivity index (χ1n) is 7.86. The minimum atomic E-state index is 0.298. The number of piperidine rings is 1. The van der Waals surface area contributed by atoms with Crippen LogP contribution in [-0.2, 0) is 0 Å². The topological polar surface area (TPSA) is 41.3 Å². The van der Waals surface area contributed by atoms with Gasteiger partial charge in [-0.25, -0.2) is 0 Å². The van der Waals surface area contributed by atoms with Gasteiger partial charge >= 0.3 is 0 Å². The van der Waals surface area contributed by atoms with Gasteiger partial charge in [-0.05, 0) is 69.2 Å². The van der Waals surface area contributed by atoms with Gasteiger partial charge in [0.1, 0.15) is 0 Å². The fourth-order valence-corrected chi connectivity index (χ4v) is 4.32. The zero-order valence-corrected chi connectivity index (χ0v) is 12.9. The lowest BCUT2D eigenvalue weighted by Gasteiger charge is -2.40. The minimum Gasteiger partial charge on any atom is -0.300 e. The molecule has 3 nitrogen and oxygen atoms in total. The highest BCUT2D eigenvalue weighted by Gasteiger charge is 2.41. The fraction of sp³-hybridized carbons (Fsp3) is 0.647.